The Hall–Kier alpha value is -0.120. The van der Waals surface area contributed by atoms with Gasteiger partial charge >= 0.3 is 0 Å². The molecule has 1 aliphatic heterocycles. The highest BCUT2D eigenvalue weighted by Crippen LogP contribution is 2.22. The predicted octanol–water partition coefficient (Wildman–Crippen LogP) is 0.610. The summed E-state index contributed by atoms with van der Waals surface area (Å²) >= 11 is 0. The van der Waals surface area contributed by atoms with Crippen LogP contribution >= 0.6 is 0 Å². The van der Waals surface area contributed by atoms with Gasteiger partial charge in [-0.05, 0) is 25.3 Å². The third-order valence-electron chi connectivity index (χ3n) is 2.84. The summed E-state index contributed by atoms with van der Waals surface area (Å²) in [5.74, 6) is 0. The van der Waals surface area contributed by atoms with Crippen molar-refractivity contribution in [2.45, 2.75) is 26.4 Å². The van der Waals surface area contributed by atoms with Crippen molar-refractivity contribution in [3.63, 3.8) is 0 Å². The van der Waals surface area contributed by atoms with Crippen LogP contribution in [0.15, 0.2) is 0 Å². The minimum Gasteiger partial charge on any atom is -0.380 e. The maximum atomic E-state index is 5.17. The van der Waals surface area contributed by atoms with Gasteiger partial charge in [-0.1, -0.05) is 6.92 Å². The summed E-state index contributed by atoms with van der Waals surface area (Å²) in [6.07, 6.45) is 1.60. The Bertz CT molecular complexity index is 144. The Labute approximate surface area is 81.2 Å². The first-order valence-corrected chi connectivity index (χ1v) is 5.10. The van der Waals surface area contributed by atoms with Crippen LogP contribution < -0.4 is 10.6 Å². The fraction of sp³-hybridized carbons (Fsp3) is 1.00. The third-order valence-corrected chi connectivity index (χ3v) is 2.84. The van der Waals surface area contributed by atoms with Gasteiger partial charge in [0, 0.05) is 26.7 Å². The smallest absolute Gasteiger partial charge is 0.0667 e. The third kappa shape index (κ3) is 3.63. The second kappa shape index (κ2) is 4.94. The lowest BCUT2D eigenvalue weighted by Gasteiger charge is -2.23. The van der Waals surface area contributed by atoms with Gasteiger partial charge in [0.25, 0.3) is 0 Å². The number of hydrogen-bond donors (Lipinski definition) is 2. The molecule has 78 valence electrons. The molecule has 2 atom stereocenters. The average Bonchev–Trinajstić information content (AvgIpc) is 2.52. The molecule has 3 heteroatoms. The van der Waals surface area contributed by atoms with Gasteiger partial charge in [-0.25, -0.2) is 0 Å². The highest BCUT2D eigenvalue weighted by atomic mass is 16.5. The molecule has 1 rings (SSSR count). The summed E-state index contributed by atoms with van der Waals surface area (Å²) in [5.41, 5.74) is 0.452. The molecule has 1 aliphatic rings. The summed E-state index contributed by atoms with van der Waals surface area (Å²) in [6, 6.07) is 0. The van der Waals surface area contributed by atoms with E-state index in [0.717, 1.165) is 26.2 Å². The van der Waals surface area contributed by atoms with Crippen molar-refractivity contribution in [3.8, 4) is 0 Å². The number of ether oxygens (including phenoxy) is 1. The van der Waals surface area contributed by atoms with Crippen molar-refractivity contribution >= 4 is 0 Å². The molecule has 2 N–H and O–H groups in total. The molecule has 0 amide bonds. The summed E-state index contributed by atoms with van der Waals surface area (Å²) < 4.78 is 5.17. The van der Waals surface area contributed by atoms with Gasteiger partial charge in [0.1, 0.15) is 0 Å². The maximum Gasteiger partial charge on any atom is 0.0667 e. The second-order valence-corrected chi connectivity index (χ2v) is 4.41. The highest BCUT2D eigenvalue weighted by molar-refractivity contribution is 4.85. The molecule has 3 nitrogen and oxygen atoms in total. The van der Waals surface area contributed by atoms with E-state index in [1.54, 1.807) is 7.11 Å². The minimum atomic E-state index is 0.318. The Morgan fingerprint density at radius 2 is 2.38 bits per heavy atom. The van der Waals surface area contributed by atoms with Crippen LogP contribution in [0.4, 0.5) is 0 Å². The molecule has 0 saturated carbocycles. The van der Waals surface area contributed by atoms with Crippen molar-refractivity contribution < 1.29 is 4.74 Å². The van der Waals surface area contributed by atoms with Crippen LogP contribution in [0.1, 0.15) is 20.3 Å². The van der Waals surface area contributed by atoms with E-state index in [1.807, 2.05) is 0 Å². The van der Waals surface area contributed by atoms with Crippen LogP contribution in [0.2, 0.25) is 0 Å². The van der Waals surface area contributed by atoms with Crippen LogP contribution in [-0.4, -0.2) is 39.4 Å². The zero-order chi connectivity index (χ0) is 9.73. The van der Waals surface area contributed by atoms with Crippen LogP contribution in [0.3, 0.4) is 0 Å². The first-order chi connectivity index (χ1) is 6.16. The van der Waals surface area contributed by atoms with Gasteiger partial charge < -0.3 is 15.4 Å². The molecular formula is C10H22N2O. The quantitative estimate of drug-likeness (QED) is 0.660. The largest absolute Gasteiger partial charge is 0.380 e. The lowest BCUT2D eigenvalue weighted by Crippen LogP contribution is -2.37. The van der Waals surface area contributed by atoms with Crippen LogP contribution in [-0.2, 0) is 4.74 Å². The number of hydrogen-bond acceptors (Lipinski definition) is 3. The molecule has 0 aromatic heterocycles. The molecule has 0 radical (unpaired) electrons. The Kier molecular flexibility index (Phi) is 4.16. The maximum absolute atomic E-state index is 5.17. The zero-order valence-electron chi connectivity index (χ0n) is 9.02. The standard InChI is InChI=1S/C10H22N2O/c1-9(13-3)6-12-8-10(2)4-5-11-7-10/h9,11-12H,4-8H2,1-3H3. The predicted molar refractivity (Wildman–Crippen MR) is 54.9 cm³/mol. The fourth-order valence-corrected chi connectivity index (χ4v) is 1.68. The second-order valence-electron chi connectivity index (χ2n) is 4.41. The fourth-order valence-electron chi connectivity index (χ4n) is 1.68. The molecule has 0 bridgehead atoms. The molecule has 1 saturated heterocycles. The lowest BCUT2D eigenvalue weighted by atomic mass is 9.90. The van der Waals surface area contributed by atoms with Crippen molar-refractivity contribution in [1.29, 1.82) is 0 Å². The van der Waals surface area contributed by atoms with Gasteiger partial charge in [-0.3, -0.25) is 0 Å². The van der Waals surface area contributed by atoms with Crippen molar-refractivity contribution in [2.75, 3.05) is 33.3 Å². The van der Waals surface area contributed by atoms with Gasteiger partial charge in [0.2, 0.25) is 0 Å². The first-order valence-electron chi connectivity index (χ1n) is 5.10. The zero-order valence-corrected chi connectivity index (χ0v) is 9.02. The highest BCUT2D eigenvalue weighted by Gasteiger charge is 2.27. The Morgan fingerprint density at radius 3 is 2.92 bits per heavy atom. The van der Waals surface area contributed by atoms with E-state index in [9.17, 15) is 0 Å². The summed E-state index contributed by atoms with van der Waals surface area (Å²) in [4.78, 5) is 0. The van der Waals surface area contributed by atoms with Crippen molar-refractivity contribution in [3.05, 3.63) is 0 Å². The molecule has 2 unspecified atom stereocenters. The van der Waals surface area contributed by atoms with Crippen LogP contribution in [0.25, 0.3) is 0 Å². The van der Waals surface area contributed by atoms with Gasteiger partial charge in [0.05, 0.1) is 6.10 Å². The normalized spacial score (nSPS) is 30.7. The summed E-state index contributed by atoms with van der Waals surface area (Å²) in [7, 11) is 1.76. The van der Waals surface area contributed by atoms with Crippen LogP contribution in [0.5, 0.6) is 0 Å². The van der Waals surface area contributed by atoms with Gasteiger partial charge in [-0.2, -0.15) is 0 Å². The van der Waals surface area contributed by atoms with E-state index in [0.29, 0.717) is 11.5 Å². The summed E-state index contributed by atoms with van der Waals surface area (Å²) in [6.45, 7) is 8.76. The molecule has 0 aromatic rings. The monoisotopic (exact) mass is 186 g/mol. The summed E-state index contributed by atoms with van der Waals surface area (Å²) in [5, 5.41) is 6.85. The molecule has 0 spiro atoms. The lowest BCUT2D eigenvalue weighted by molar-refractivity contribution is 0.114. The Balaban J connectivity index is 2.11. The number of rotatable bonds is 5. The van der Waals surface area contributed by atoms with Crippen molar-refractivity contribution in [2.24, 2.45) is 5.41 Å². The van der Waals surface area contributed by atoms with Crippen LogP contribution in [0, 0.1) is 5.41 Å². The molecule has 0 aliphatic carbocycles. The van der Waals surface area contributed by atoms with E-state index in [1.165, 1.54) is 6.42 Å². The van der Waals surface area contributed by atoms with Gasteiger partial charge in [-0.15, -0.1) is 0 Å². The first kappa shape index (κ1) is 11.0. The van der Waals surface area contributed by atoms with E-state index in [-0.39, 0.29) is 0 Å². The average molecular weight is 186 g/mol. The van der Waals surface area contributed by atoms with E-state index >= 15 is 0 Å². The van der Waals surface area contributed by atoms with E-state index in [2.05, 4.69) is 24.5 Å². The topological polar surface area (TPSA) is 33.3 Å². The van der Waals surface area contributed by atoms with Crippen molar-refractivity contribution in [1.82, 2.24) is 10.6 Å². The molecule has 1 heterocycles. The Morgan fingerprint density at radius 1 is 1.62 bits per heavy atom. The van der Waals surface area contributed by atoms with E-state index < -0.39 is 0 Å². The SMILES string of the molecule is COC(C)CNCC1(C)CCNC1. The molecule has 0 aromatic carbocycles. The van der Waals surface area contributed by atoms with Gasteiger partial charge in [0.15, 0.2) is 0 Å². The molecule has 13 heavy (non-hydrogen) atoms. The minimum absolute atomic E-state index is 0.318. The number of methoxy groups -OCH3 is 1. The molecule has 1 fully saturated rings. The molecular weight excluding hydrogens is 164 g/mol. The number of nitrogens with one attached hydrogen (secondary N) is 2. The van der Waals surface area contributed by atoms with E-state index in [4.69, 9.17) is 4.74 Å².